The van der Waals surface area contributed by atoms with Gasteiger partial charge in [0, 0.05) is 6.42 Å². The van der Waals surface area contributed by atoms with Gasteiger partial charge in [-0.15, -0.1) is 0 Å². The van der Waals surface area contributed by atoms with Crippen molar-refractivity contribution < 1.29 is 34.2 Å². The van der Waals surface area contributed by atoms with Gasteiger partial charge in [0.15, 0.2) is 0 Å². The van der Waals surface area contributed by atoms with E-state index in [1.807, 2.05) is 30.3 Å². The monoisotopic (exact) mass is 479 g/mol. The second-order valence-corrected chi connectivity index (χ2v) is 7.75. The molecule has 1 rings (SSSR count). The number of unbranched alkanes of at least 4 members (excludes halogenated alkanes) is 1. The highest BCUT2D eigenvalue weighted by Crippen LogP contribution is 2.06. The molecule has 3 amide bonds. The third kappa shape index (κ3) is 11.4. The molecule has 9 N–H and O–H groups in total. The zero-order valence-electron chi connectivity index (χ0n) is 18.9. The molecule has 1 aromatic carbocycles. The summed E-state index contributed by atoms with van der Waals surface area (Å²) in [5.74, 6) is -4.60. The van der Waals surface area contributed by atoms with Gasteiger partial charge in [0.25, 0.3) is 0 Å². The Morgan fingerprint density at radius 3 is 2.03 bits per heavy atom. The van der Waals surface area contributed by atoms with Gasteiger partial charge in [-0.3, -0.25) is 24.0 Å². The minimum absolute atomic E-state index is 0.217. The zero-order valence-corrected chi connectivity index (χ0v) is 18.9. The number of nitrogens with one attached hydrogen (secondary N) is 3. The van der Waals surface area contributed by atoms with E-state index < -0.39 is 60.8 Å². The third-order valence-electron chi connectivity index (χ3n) is 4.91. The van der Waals surface area contributed by atoms with Crippen molar-refractivity contribution in [1.82, 2.24) is 16.0 Å². The number of hydrogen-bond acceptors (Lipinski definition) is 7. The first-order chi connectivity index (χ1) is 16.1. The molecular weight excluding hydrogens is 446 g/mol. The Balaban J connectivity index is 2.88. The molecule has 12 heteroatoms. The van der Waals surface area contributed by atoms with Crippen LogP contribution in [0.4, 0.5) is 0 Å². The molecule has 0 fully saturated rings. The number of hydrogen-bond donors (Lipinski definition) is 7. The summed E-state index contributed by atoms with van der Waals surface area (Å²) >= 11 is 0. The second-order valence-electron chi connectivity index (χ2n) is 7.75. The van der Waals surface area contributed by atoms with Crippen LogP contribution in [0.3, 0.4) is 0 Å². The standard InChI is InChI=1S/C22H33N5O7/c23-11-5-4-8-16(26-20(32)15(24)12-14-6-2-1-3-7-14)22(34)27-17(9-10-18(28)29)21(33)25-13-19(30)31/h1-3,6-7,15-17H,4-5,8-13,23-24H2,(H,25,33)(H,26,32)(H,27,34)(H,28,29)(H,30,31). The van der Waals surface area contributed by atoms with Crippen molar-refractivity contribution in [3.05, 3.63) is 35.9 Å². The molecule has 12 nitrogen and oxygen atoms in total. The van der Waals surface area contributed by atoms with Crippen molar-refractivity contribution >= 4 is 29.7 Å². The van der Waals surface area contributed by atoms with Gasteiger partial charge in [0.1, 0.15) is 18.6 Å². The normalized spacial score (nSPS) is 13.2. The molecule has 3 atom stereocenters. The van der Waals surface area contributed by atoms with Crippen molar-refractivity contribution in [2.45, 2.75) is 56.7 Å². The van der Waals surface area contributed by atoms with E-state index in [9.17, 15) is 24.0 Å². The minimum Gasteiger partial charge on any atom is -0.481 e. The fraction of sp³-hybridized carbons (Fsp3) is 0.500. The van der Waals surface area contributed by atoms with Crippen LogP contribution in [0.15, 0.2) is 30.3 Å². The Kier molecular flexibility index (Phi) is 12.9. The number of benzene rings is 1. The van der Waals surface area contributed by atoms with Gasteiger partial charge in [-0.05, 0) is 44.2 Å². The number of aliphatic carboxylic acids is 2. The maximum atomic E-state index is 12.9. The maximum absolute atomic E-state index is 12.9. The molecule has 0 aromatic heterocycles. The van der Waals surface area contributed by atoms with Crippen LogP contribution in [-0.2, 0) is 30.4 Å². The van der Waals surface area contributed by atoms with E-state index in [2.05, 4.69) is 16.0 Å². The zero-order chi connectivity index (χ0) is 25.5. The van der Waals surface area contributed by atoms with Crippen molar-refractivity contribution in [3.63, 3.8) is 0 Å². The Morgan fingerprint density at radius 1 is 0.824 bits per heavy atom. The van der Waals surface area contributed by atoms with E-state index in [1.54, 1.807) is 0 Å². The summed E-state index contributed by atoms with van der Waals surface area (Å²) in [4.78, 5) is 59.5. The van der Waals surface area contributed by atoms with E-state index in [0.717, 1.165) is 5.56 Å². The van der Waals surface area contributed by atoms with Crippen molar-refractivity contribution in [2.75, 3.05) is 13.1 Å². The summed E-state index contributed by atoms with van der Waals surface area (Å²) in [6.45, 7) is -0.308. The maximum Gasteiger partial charge on any atom is 0.322 e. The molecule has 0 heterocycles. The Morgan fingerprint density at radius 2 is 1.44 bits per heavy atom. The lowest BCUT2D eigenvalue weighted by Gasteiger charge is -2.24. The van der Waals surface area contributed by atoms with E-state index in [0.29, 0.717) is 19.4 Å². The number of carboxylic acids is 2. The lowest BCUT2D eigenvalue weighted by Crippen LogP contribution is -2.56. The predicted octanol–water partition coefficient (Wildman–Crippen LogP) is -1.28. The summed E-state index contributed by atoms with van der Waals surface area (Å²) in [6.07, 6.45) is 0.879. The first-order valence-electron chi connectivity index (χ1n) is 11.0. The molecule has 0 bridgehead atoms. The highest BCUT2D eigenvalue weighted by molar-refractivity contribution is 5.93. The Hall–Kier alpha value is -3.51. The Labute approximate surface area is 197 Å². The van der Waals surface area contributed by atoms with E-state index in [-0.39, 0.29) is 19.3 Å². The molecule has 188 valence electrons. The number of nitrogens with two attached hydrogens (primary N) is 2. The fourth-order valence-corrected chi connectivity index (χ4v) is 3.10. The average molecular weight is 480 g/mol. The summed E-state index contributed by atoms with van der Waals surface area (Å²) in [5, 5.41) is 24.8. The van der Waals surface area contributed by atoms with Crippen LogP contribution >= 0.6 is 0 Å². The van der Waals surface area contributed by atoms with Crippen LogP contribution in [0, 0.1) is 0 Å². The molecule has 0 aliphatic heterocycles. The second kappa shape index (κ2) is 15.3. The van der Waals surface area contributed by atoms with Gasteiger partial charge in [-0.1, -0.05) is 30.3 Å². The highest BCUT2D eigenvalue weighted by Gasteiger charge is 2.28. The molecule has 34 heavy (non-hydrogen) atoms. The van der Waals surface area contributed by atoms with Crippen LogP contribution in [0.25, 0.3) is 0 Å². The highest BCUT2D eigenvalue weighted by atomic mass is 16.4. The summed E-state index contributed by atoms with van der Waals surface area (Å²) in [6, 6.07) is 5.85. The van der Waals surface area contributed by atoms with E-state index in [1.165, 1.54) is 0 Å². The van der Waals surface area contributed by atoms with Crippen molar-refractivity contribution in [2.24, 2.45) is 11.5 Å². The number of carbonyl (C=O) groups is 5. The van der Waals surface area contributed by atoms with Gasteiger partial charge in [-0.25, -0.2) is 0 Å². The third-order valence-corrected chi connectivity index (χ3v) is 4.91. The molecule has 0 saturated carbocycles. The molecule has 0 aliphatic carbocycles. The van der Waals surface area contributed by atoms with Crippen molar-refractivity contribution in [1.29, 1.82) is 0 Å². The summed E-state index contributed by atoms with van der Waals surface area (Å²) < 4.78 is 0. The molecule has 0 saturated heterocycles. The van der Waals surface area contributed by atoms with E-state index in [4.69, 9.17) is 21.7 Å². The van der Waals surface area contributed by atoms with Crippen LogP contribution in [0.1, 0.15) is 37.7 Å². The first kappa shape index (κ1) is 28.5. The molecule has 1 aromatic rings. The van der Waals surface area contributed by atoms with Crippen LogP contribution < -0.4 is 27.4 Å². The molecule has 0 radical (unpaired) electrons. The lowest BCUT2D eigenvalue weighted by molar-refractivity contribution is -0.140. The molecule has 0 spiro atoms. The van der Waals surface area contributed by atoms with Crippen LogP contribution in [0.2, 0.25) is 0 Å². The largest absolute Gasteiger partial charge is 0.481 e. The average Bonchev–Trinajstić information content (AvgIpc) is 2.79. The number of carboxylic acid groups (broad SMARTS) is 2. The number of amides is 3. The van der Waals surface area contributed by atoms with Crippen molar-refractivity contribution in [3.8, 4) is 0 Å². The summed E-state index contributed by atoms with van der Waals surface area (Å²) in [5.41, 5.74) is 12.4. The van der Waals surface area contributed by atoms with Gasteiger partial charge in [-0.2, -0.15) is 0 Å². The fourth-order valence-electron chi connectivity index (χ4n) is 3.10. The quantitative estimate of drug-likeness (QED) is 0.140. The van der Waals surface area contributed by atoms with E-state index >= 15 is 0 Å². The van der Waals surface area contributed by atoms with Gasteiger partial charge in [0.05, 0.1) is 6.04 Å². The topological polar surface area (TPSA) is 214 Å². The van der Waals surface area contributed by atoms with Gasteiger partial charge in [0.2, 0.25) is 17.7 Å². The van der Waals surface area contributed by atoms with Crippen LogP contribution in [-0.4, -0.2) is 71.1 Å². The SMILES string of the molecule is NCCCCC(NC(=O)C(N)Cc1ccccc1)C(=O)NC(CCC(=O)O)C(=O)NCC(=O)O. The molecular formula is C22H33N5O7. The summed E-state index contributed by atoms with van der Waals surface area (Å²) in [7, 11) is 0. The molecule has 0 aliphatic rings. The van der Waals surface area contributed by atoms with Crippen LogP contribution in [0.5, 0.6) is 0 Å². The van der Waals surface area contributed by atoms with Gasteiger partial charge >= 0.3 is 11.9 Å². The van der Waals surface area contributed by atoms with Gasteiger partial charge < -0.3 is 37.6 Å². The molecule has 3 unspecified atom stereocenters. The smallest absolute Gasteiger partial charge is 0.322 e. The number of rotatable bonds is 16. The Bertz CT molecular complexity index is 834. The lowest BCUT2D eigenvalue weighted by atomic mass is 10.0. The minimum atomic E-state index is -1.30. The first-order valence-corrected chi connectivity index (χ1v) is 11.0. The number of carbonyl (C=O) groups excluding carboxylic acids is 3. The predicted molar refractivity (Wildman–Crippen MR) is 122 cm³/mol.